The minimum Gasteiger partial charge on any atom is -0.497 e. The summed E-state index contributed by atoms with van der Waals surface area (Å²) in [5.74, 6) is 0.128. The van der Waals surface area contributed by atoms with Gasteiger partial charge in [0.1, 0.15) is 16.3 Å². The van der Waals surface area contributed by atoms with Crippen LogP contribution in [0.4, 0.5) is 0 Å². The summed E-state index contributed by atoms with van der Waals surface area (Å²) in [5.41, 5.74) is 1.69. The van der Waals surface area contributed by atoms with Crippen LogP contribution in [0.3, 0.4) is 0 Å². The van der Waals surface area contributed by atoms with Gasteiger partial charge in [-0.25, -0.2) is 17.9 Å². The zero-order valence-corrected chi connectivity index (χ0v) is 15.5. The van der Waals surface area contributed by atoms with E-state index in [9.17, 15) is 13.2 Å². The molecule has 1 heterocycles. The molecular formula is C17H22N2O5S. The Labute approximate surface area is 147 Å². The normalized spacial score (nSPS) is 11.4. The number of esters is 1. The highest BCUT2D eigenvalue weighted by molar-refractivity contribution is 7.89. The topological polar surface area (TPSA) is 97.5 Å². The standard InChI is InChI=1S/C17H22N2O5S/c1-5-24-17(20)15-11(2)16(12(3)19-15)25(21,22)18-10-13-6-8-14(23-4)9-7-13/h6-9,18-19H,5,10H2,1-4H3. The molecule has 0 aliphatic carbocycles. The molecular weight excluding hydrogens is 344 g/mol. The first-order valence-corrected chi connectivity index (χ1v) is 9.27. The van der Waals surface area contributed by atoms with Crippen molar-refractivity contribution in [2.45, 2.75) is 32.2 Å². The molecule has 0 radical (unpaired) electrons. The Morgan fingerprint density at radius 3 is 2.40 bits per heavy atom. The molecule has 2 rings (SSSR count). The van der Waals surface area contributed by atoms with Crippen molar-refractivity contribution < 1.29 is 22.7 Å². The van der Waals surface area contributed by atoms with Gasteiger partial charge in [-0.15, -0.1) is 0 Å². The van der Waals surface area contributed by atoms with E-state index in [1.807, 2.05) is 0 Å². The minimum absolute atomic E-state index is 0.0732. The summed E-state index contributed by atoms with van der Waals surface area (Å²) in [4.78, 5) is 14.8. The Morgan fingerprint density at radius 1 is 1.20 bits per heavy atom. The van der Waals surface area contributed by atoms with Gasteiger partial charge in [0.05, 0.1) is 13.7 Å². The van der Waals surface area contributed by atoms with E-state index in [1.165, 1.54) is 0 Å². The Bertz CT molecular complexity index is 854. The van der Waals surface area contributed by atoms with Crippen LogP contribution in [-0.2, 0) is 21.3 Å². The largest absolute Gasteiger partial charge is 0.497 e. The molecule has 0 atom stereocenters. The number of aryl methyl sites for hydroxylation is 1. The summed E-state index contributed by atoms with van der Waals surface area (Å²) in [7, 11) is -2.22. The van der Waals surface area contributed by atoms with Gasteiger partial charge in [-0.3, -0.25) is 0 Å². The fourth-order valence-electron chi connectivity index (χ4n) is 2.54. The summed E-state index contributed by atoms with van der Waals surface area (Å²) in [5, 5.41) is 0. The first-order chi connectivity index (χ1) is 11.8. The zero-order valence-electron chi connectivity index (χ0n) is 14.7. The molecule has 25 heavy (non-hydrogen) atoms. The second-order valence-corrected chi connectivity index (χ2v) is 7.18. The SMILES string of the molecule is CCOC(=O)c1[nH]c(C)c(S(=O)(=O)NCc2ccc(OC)cc2)c1C. The van der Waals surface area contributed by atoms with Crippen LogP contribution < -0.4 is 9.46 Å². The first-order valence-electron chi connectivity index (χ1n) is 7.79. The molecule has 1 aromatic carbocycles. The van der Waals surface area contributed by atoms with Crippen molar-refractivity contribution in [2.75, 3.05) is 13.7 Å². The number of carbonyl (C=O) groups excluding carboxylic acids is 1. The number of rotatable bonds is 7. The Balaban J connectivity index is 2.22. The molecule has 2 aromatic rings. The van der Waals surface area contributed by atoms with Gasteiger partial charge in [0.2, 0.25) is 10.0 Å². The average Bonchev–Trinajstić information content (AvgIpc) is 2.89. The molecule has 0 fully saturated rings. The number of sulfonamides is 1. The average molecular weight is 366 g/mol. The summed E-state index contributed by atoms with van der Waals surface area (Å²) in [6, 6.07) is 7.08. The quantitative estimate of drug-likeness (QED) is 0.733. The molecule has 0 aliphatic heterocycles. The van der Waals surface area contributed by atoms with Crippen LogP contribution in [0, 0.1) is 13.8 Å². The van der Waals surface area contributed by atoms with Crippen LogP contribution in [-0.4, -0.2) is 33.1 Å². The molecule has 0 bridgehead atoms. The monoisotopic (exact) mass is 366 g/mol. The molecule has 0 unspecified atom stereocenters. The molecule has 0 aliphatic rings. The second kappa shape index (κ2) is 7.71. The zero-order chi connectivity index (χ0) is 18.6. The lowest BCUT2D eigenvalue weighted by Crippen LogP contribution is -2.24. The lowest BCUT2D eigenvalue weighted by Gasteiger charge is -2.08. The van der Waals surface area contributed by atoms with Crippen LogP contribution in [0.2, 0.25) is 0 Å². The third-order valence-electron chi connectivity index (χ3n) is 3.74. The molecule has 0 spiro atoms. The van der Waals surface area contributed by atoms with E-state index in [0.29, 0.717) is 17.0 Å². The predicted octanol–water partition coefficient (Wildman–Crippen LogP) is 2.30. The highest BCUT2D eigenvalue weighted by Gasteiger charge is 2.26. The highest BCUT2D eigenvalue weighted by Crippen LogP contribution is 2.24. The minimum atomic E-state index is -3.78. The molecule has 0 saturated carbocycles. The van der Waals surface area contributed by atoms with Gasteiger partial charge in [0.15, 0.2) is 0 Å². The third-order valence-corrected chi connectivity index (χ3v) is 5.42. The summed E-state index contributed by atoms with van der Waals surface area (Å²) < 4.78 is 37.9. The molecule has 7 nitrogen and oxygen atoms in total. The number of aromatic amines is 1. The van der Waals surface area contributed by atoms with E-state index in [-0.39, 0.29) is 23.7 Å². The van der Waals surface area contributed by atoms with E-state index >= 15 is 0 Å². The maximum Gasteiger partial charge on any atom is 0.355 e. The van der Waals surface area contributed by atoms with E-state index in [1.54, 1.807) is 52.1 Å². The predicted molar refractivity (Wildman–Crippen MR) is 93.2 cm³/mol. The van der Waals surface area contributed by atoms with E-state index in [0.717, 1.165) is 5.56 Å². The van der Waals surface area contributed by atoms with Gasteiger partial charge in [-0.1, -0.05) is 12.1 Å². The molecule has 1 aromatic heterocycles. The van der Waals surface area contributed by atoms with E-state index < -0.39 is 16.0 Å². The van der Waals surface area contributed by atoms with Crippen molar-refractivity contribution in [3.05, 3.63) is 46.8 Å². The van der Waals surface area contributed by atoms with Crippen LogP contribution in [0.5, 0.6) is 5.75 Å². The number of nitrogens with one attached hydrogen (secondary N) is 2. The summed E-state index contributed by atoms with van der Waals surface area (Å²) >= 11 is 0. The second-order valence-electron chi connectivity index (χ2n) is 5.47. The summed E-state index contributed by atoms with van der Waals surface area (Å²) in [6.45, 7) is 5.23. The number of hydrogen-bond donors (Lipinski definition) is 2. The maximum absolute atomic E-state index is 12.7. The number of aromatic nitrogens is 1. The van der Waals surface area contributed by atoms with Gasteiger partial charge >= 0.3 is 5.97 Å². The fourth-order valence-corrected chi connectivity index (χ4v) is 4.00. The van der Waals surface area contributed by atoms with E-state index in [4.69, 9.17) is 9.47 Å². The van der Waals surface area contributed by atoms with Crippen LogP contribution in [0.25, 0.3) is 0 Å². The fraction of sp³-hybridized carbons (Fsp3) is 0.353. The van der Waals surface area contributed by atoms with Crippen molar-refractivity contribution in [1.82, 2.24) is 9.71 Å². The number of methoxy groups -OCH3 is 1. The van der Waals surface area contributed by atoms with Crippen molar-refractivity contribution in [1.29, 1.82) is 0 Å². The Morgan fingerprint density at radius 2 is 1.84 bits per heavy atom. The maximum atomic E-state index is 12.7. The number of benzene rings is 1. The molecule has 0 amide bonds. The lowest BCUT2D eigenvalue weighted by molar-refractivity contribution is 0.0519. The Hall–Kier alpha value is -2.32. The molecule has 2 N–H and O–H groups in total. The van der Waals surface area contributed by atoms with E-state index in [2.05, 4.69) is 9.71 Å². The van der Waals surface area contributed by atoms with Gasteiger partial charge in [-0.05, 0) is 38.5 Å². The van der Waals surface area contributed by atoms with Crippen molar-refractivity contribution in [2.24, 2.45) is 0 Å². The van der Waals surface area contributed by atoms with Crippen LogP contribution in [0.15, 0.2) is 29.2 Å². The van der Waals surface area contributed by atoms with Crippen molar-refractivity contribution in [3.63, 3.8) is 0 Å². The molecule has 136 valence electrons. The van der Waals surface area contributed by atoms with Gasteiger partial charge in [0.25, 0.3) is 0 Å². The van der Waals surface area contributed by atoms with Gasteiger partial charge in [-0.2, -0.15) is 0 Å². The number of ether oxygens (including phenoxy) is 2. The summed E-state index contributed by atoms with van der Waals surface area (Å²) in [6.07, 6.45) is 0. The lowest BCUT2D eigenvalue weighted by atomic mass is 10.2. The Kier molecular flexibility index (Phi) is 5.86. The number of carbonyl (C=O) groups is 1. The molecule has 0 saturated heterocycles. The van der Waals surface area contributed by atoms with Gasteiger partial charge in [0, 0.05) is 17.8 Å². The molecule has 8 heteroatoms. The van der Waals surface area contributed by atoms with Crippen molar-refractivity contribution in [3.8, 4) is 5.75 Å². The third kappa shape index (κ3) is 4.21. The van der Waals surface area contributed by atoms with Crippen molar-refractivity contribution >= 4 is 16.0 Å². The first kappa shape index (κ1) is 19.0. The van der Waals surface area contributed by atoms with Crippen LogP contribution in [0.1, 0.15) is 34.2 Å². The number of hydrogen-bond acceptors (Lipinski definition) is 5. The van der Waals surface area contributed by atoms with Crippen LogP contribution >= 0.6 is 0 Å². The number of H-pyrrole nitrogens is 1. The highest BCUT2D eigenvalue weighted by atomic mass is 32.2. The van der Waals surface area contributed by atoms with Gasteiger partial charge < -0.3 is 14.5 Å². The smallest absolute Gasteiger partial charge is 0.355 e.